The predicted molar refractivity (Wildman–Crippen MR) is 101 cm³/mol. The average Bonchev–Trinajstić information content (AvgIpc) is 3.13. The molecule has 0 aliphatic carbocycles. The fourth-order valence-corrected chi connectivity index (χ4v) is 3.44. The maximum Gasteiger partial charge on any atom is 0.426 e. The molecular weight excluding hydrogens is 389 g/mol. The molecule has 2 N–H and O–H groups in total. The van der Waals surface area contributed by atoms with Crippen LogP contribution in [-0.4, -0.2) is 11.8 Å². The van der Waals surface area contributed by atoms with E-state index in [0.717, 1.165) is 5.56 Å². The van der Waals surface area contributed by atoms with E-state index >= 15 is 0 Å². The molecule has 28 heavy (non-hydrogen) atoms. The highest BCUT2D eigenvalue weighted by atomic mass is 32.1. The summed E-state index contributed by atoms with van der Waals surface area (Å²) in [4.78, 5) is 23.3. The first-order valence-electron chi connectivity index (χ1n) is 8.19. The van der Waals surface area contributed by atoms with Crippen molar-refractivity contribution in [3.8, 4) is 11.1 Å². The first-order chi connectivity index (χ1) is 13.3. The Morgan fingerprint density at radius 2 is 1.50 bits per heavy atom. The molecule has 144 valence electrons. The fraction of sp³-hybridized carbons (Fsp3) is 0.100. The number of nitrogens with one attached hydrogen (secondary N) is 2. The number of rotatable bonds is 3. The van der Waals surface area contributed by atoms with Crippen molar-refractivity contribution in [1.29, 1.82) is 0 Å². The van der Waals surface area contributed by atoms with E-state index in [0.29, 0.717) is 22.5 Å². The van der Waals surface area contributed by atoms with Crippen molar-refractivity contribution >= 4 is 23.2 Å². The number of carbonyl (C=O) groups is 2. The van der Waals surface area contributed by atoms with Gasteiger partial charge >= 0.3 is 6.18 Å². The quantitative estimate of drug-likeness (QED) is 0.615. The number of hydrogen-bond acceptors (Lipinski definition) is 3. The van der Waals surface area contributed by atoms with Crippen LogP contribution in [0, 0.1) is 6.92 Å². The molecule has 0 bridgehead atoms. The maximum absolute atomic E-state index is 13.4. The second kappa shape index (κ2) is 7.85. The van der Waals surface area contributed by atoms with Crippen LogP contribution in [-0.2, 0) is 6.18 Å². The van der Waals surface area contributed by atoms with E-state index < -0.39 is 22.9 Å². The van der Waals surface area contributed by atoms with E-state index in [4.69, 9.17) is 0 Å². The number of benzene rings is 2. The van der Waals surface area contributed by atoms with Gasteiger partial charge < -0.3 is 0 Å². The molecule has 0 fully saturated rings. The van der Waals surface area contributed by atoms with Crippen LogP contribution in [0.2, 0.25) is 0 Å². The monoisotopic (exact) mass is 404 g/mol. The average molecular weight is 404 g/mol. The molecule has 0 unspecified atom stereocenters. The van der Waals surface area contributed by atoms with Crippen LogP contribution in [0.3, 0.4) is 0 Å². The predicted octanol–water partition coefficient (Wildman–Crippen LogP) is 4.82. The summed E-state index contributed by atoms with van der Waals surface area (Å²) in [6.07, 6.45) is -4.60. The lowest BCUT2D eigenvalue weighted by molar-refractivity contribution is -0.133. The molecular formula is C20H15F3N2O2S. The summed E-state index contributed by atoms with van der Waals surface area (Å²) in [5.74, 6) is -1.39. The number of carbonyl (C=O) groups excluding carboxylic acids is 2. The summed E-state index contributed by atoms with van der Waals surface area (Å²) in [5.41, 5.74) is 5.93. The number of hydrazine groups is 1. The van der Waals surface area contributed by atoms with Gasteiger partial charge in [0.15, 0.2) is 0 Å². The Morgan fingerprint density at radius 1 is 0.893 bits per heavy atom. The van der Waals surface area contributed by atoms with Crippen LogP contribution in [0.5, 0.6) is 0 Å². The summed E-state index contributed by atoms with van der Waals surface area (Å²) < 4.78 is 40.2. The SMILES string of the molecule is Cc1ccc(C(=O)NNC(=O)c2cc(-c3ccccc3)c(C(F)(F)F)s2)cc1. The van der Waals surface area contributed by atoms with Crippen molar-refractivity contribution in [2.75, 3.05) is 0 Å². The maximum atomic E-state index is 13.4. The van der Waals surface area contributed by atoms with Crippen LogP contribution in [0.15, 0.2) is 60.7 Å². The summed E-state index contributed by atoms with van der Waals surface area (Å²) in [6.45, 7) is 1.86. The molecule has 0 atom stereocenters. The van der Waals surface area contributed by atoms with E-state index in [9.17, 15) is 22.8 Å². The van der Waals surface area contributed by atoms with Gasteiger partial charge in [0, 0.05) is 11.1 Å². The highest BCUT2D eigenvalue weighted by Crippen LogP contribution is 2.42. The molecule has 0 aliphatic rings. The second-order valence-electron chi connectivity index (χ2n) is 5.99. The molecule has 0 spiro atoms. The van der Waals surface area contributed by atoms with Gasteiger partial charge in [-0.3, -0.25) is 20.4 Å². The van der Waals surface area contributed by atoms with E-state index in [1.807, 2.05) is 6.92 Å². The Morgan fingerprint density at radius 3 is 2.11 bits per heavy atom. The third-order valence-electron chi connectivity index (χ3n) is 3.90. The molecule has 0 radical (unpaired) electrons. The number of aryl methyl sites for hydroxylation is 1. The van der Waals surface area contributed by atoms with E-state index in [1.165, 1.54) is 18.2 Å². The number of hydrogen-bond donors (Lipinski definition) is 2. The molecule has 2 aromatic carbocycles. The lowest BCUT2D eigenvalue weighted by atomic mass is 10.1. The highest BCUT2D eigenvalue weighted by molar-refractivity contribution is 7.14. The van der Waals surface area contributed by atoms with Crippen LogP contribution in [0.25, 0.3) is 11.1 Å². The third-order valence-corrected chi connectivity index (χ3v) is 5.08. The molecule has 1 heterocycles. The molecule has 3 rings (SSSR count). The lowest BCUT2D eigenvalue weighted by Gasteiger charge is -2.07. The minimum absolute atomic E-state index is 0.0758. The largest absolute Gasteiger partial charge is 0.426 e. The number of thiophene rings is 1. The minimum Gasteiger partial charge on any atom is -0.267 e. The van der Waals surface area contributed by atoms with E-state index in [-0.39, 0.29) is 10.4 Å². The van der Waals surface area contributed by atoms with E-state index in [1.54, 1.807) is 42.5 Å². The molecule has 2 amide bonds. The van der Waals surface area contributed by atoms with Crippen LogP contribution in [0.4, 0.5) is 13.2 Å². The van der Waals surface area contributed by atoms with Gasteiger partial charge in [0.2, 0.25) is 0 Å². The summed E-state index contributed by atoms with van der Waals surface area (Å²) >= 11 is 0.330. The smallest absolute Gasteiger partial charge is 0.267 e. The van der Waals surface area contributed by atoms with Gasteiger partial charge in [-0.1, -0.05) is 48.0 Å². The molecule has 0 saturated heterocycles. The Hall–Kier alpha value is -3.13. The topological polar surface area (TPSA) is 58.2 Å². The van der Waals surface area contributed by atoms with Crippen molar-refractivity contribution < 1.29 is 22.8 Å². The Bertz CT molecular complexity index is 997. The molecule has 0 saturated carbocycles. The van der Waals surface area contributed by atoms with Gasteiger partial charge in [0.1, 0.15) is 4.88 Å². The Balaban J connectivity index is 1.79. The van der Waals surface area contributed by atoms with Gasteiger partial charge in [-0.2, -0.15) is 13.2 Å². The van der Waals surface area contributed by atoms with E-state index in [2.05, 4.69) is 10.9 Å². The van der Waals surface area contributed by atoms with Crippen molar-refractivity contribution in [1.82, 2.24) is 10.9 Å². The van der Waals surface area contributed by atoms with Crippen molar-refractivity contribution in [2.24, 2.45) is 0 Å². The summed E-state index contributed by atoms with van der Waals surface area (Å²) in [6, 6.07) is 15.8. The number of amides is 2. The van der Waals surface area contributed by atoms with Gasteiger partial charge in [-0.15, -0.1) is 11.3 Å². The number of alkyl halides is 3. The van der Waals surface area contributed by atoms with Crippen LogP contribution in [0.1, 0.15) is 30.5 Å². The second-order valence-corrected chi connectivity index (χ2v) is 7.04. The minimum atomic E-state index is -4.60. The zero-order valence-corrected chi connectivity index (χ0v) is 15.4. The zero-order valence-electron chi connectivity index (χ0n) is 14.6. The van der Waals surface area contributed by atoms with Crippen LogP contribution >= 0.6 is 11.3 Å². The van der Waals surface area contributed by atoms with Crippen LogP contribution < -0.4 is 10.9 Å². The van der Waals surface area contributed by atoms with Crippen molar-refractivity contribution in [3.63, 3.8) is 0 Å². The Labute approximate surface area is 163 Å². The zero-order chi connectivity index (χ0) is 20.3. The first-order valence-corrected chi connectivity index (χ1v) is 9.01. The van der Waals surface area contributed by atoms with Crippen molar-refractivity contribution in [3.05, 3.63) is 81.5 Å². The molecule has 0 aliphatic heterocycles. The van der Waals surface area contributed by atoms with Crippen molar-refractivity contribution in [2.45, 2.75) is 13.1 Å². The summed E-state index contributed by atoms with van der Waals surface area (Å²) in [7, 11) is 0. The van der Waals surface area contributed by atoms with Gasteiger partial charge in [-0.25, -0.2) is 0 Å². The number of halogens is 3. The molecule has 3 aromatic rings. The first kappa shape index (κ1) is 19.6. The van der Waals surface area contributed by atoms with Gasteiger partial charge in [-0.05, 0) is 30.7 Å². The third kappa shape index (κ3) is 4.40. The summed E-state index contributed by atoms with van der Waals surface area (Å²) in [5, 5.41) is 0. The fourth-order valence-electron chi connectivity index (χ4n) is 2.50. The van der Waals surface area contributed by atoms with Gasteiger partial charge in [0.25, 0.3) is 11.8 Å². The standard InChI is InChI=1S/C20H15F3N2O2S/c1-12-7-9-14(10-8-12)18(26)24-25-19(27)16-11-15(13-5-3-2-4-6-13)17(28-16)20(21,22)23/h2-11H,1H3,(H,24,26)(H,25,27). The molecule has 4 nitrogen and oxygen atoms in total. The lowest BCUT2D eigenvalue weighted by Crippen LogP contribution is -2.41. The van der Waals surface area contributed by atoms with Gasteiger partial charge in [0.05, 0.1) is 4.88 Å². The molecule has 8 heteroatoms. The highest BCUT2D eigenvalue weighted by Gasteiger charge is 2.37. The Kier molecular flexibility index (Phi) is 5.51. The molecule has 1 aromatic heterocycles. The normalized spacial score (nSPS) is 11.1.